The minimum absolute atomic E-state index is 0. The van der Waals surface area contributed by atoms with Gasteiger partial charge in [-0.15, -0.1) is 35.3 Å². The summed E-state index contributed by atoms with van der Waals surface area (Å²) in [5.41, 5.74) is 2.28. The van der Waals surface area contributed by atoms with E-state index in [2.05, 4.69) is 52.0 Å². The quantitative estimate of drug-likeness (QED) is 0.290. The maximum Gasteiger partial charge on any atom is 0.223 e. The SMILES string of the molecule is CCNC(=NCc1csc(CC)n1)NCC1CC(=O)N(CCc2ccccc2)C1.I. The van der Waals surface area contributed by atoms with Crippen LogP contribution >= 0.6 is 35.3 Å². The van der Waals surface area contributed by atoms with Crippen LogP contribution in [0.25, 0.3) is 0 Å². The van der Waals surface area contributed by atoms with Crippen LogP contribution in [0.2, 0.25) is 0 Å². The van der Waals surface area contributed by atoms with E-state index in [1.54, 1.807) is 11.3 Å². The normalized spacial score (nSPS) is 16.5. The van der Waals surface area contributed by atoms with Crippen molar-refractivity contribution in [3.8, 4) is 0 Å². The van der Waals surface area contributed by atoms with Gasteiger partial charge in [-0.3, -0.25) is 4.79 Å². The van der Waals surface area contributed by atoms with Crippen LogP contribution in [0.1, 0.15) is 36.5 Å². The van der Waals surface area contributed by atoms with E-state index in [-0.39, 0.29) is 29.9 Å². The van der Waals surface area contributed by atoms with Gasteiger partial charge >= 0.3 is 0 Å². The monoisotopic (exact) mass is 541 g/mol. The number of aromatic nitrogens is 1. The molecule has 1 aliphatic rings. The van der Waals surface area contributed by atoms with Gasteiger partial charge in [0.2, 0.25) is 5.91 Å². The van der Waals surface area contributed by atoms with E-state index < -0.39 is 0 Å². The maximum absolute atomic E-state index is 12.4. The molecule has 1 atom stereocenters. The van der Waals surface area contributed by atoms with Crippen LogP contribution in [0.4, 0.5) is 0 Å². The lowest BCUT2D eigenvalue weighted by Gasteiger charge is -2.18. The molecule has 30 heavy (non-hydrogen) atoms. The molecule has 1 amide bonds. The number of aliphatic imine (C=N–C) groups is 1. The number of benzene rings is 1. The molecule has 0 aliphatic carbocycles. The molecule has 1 aromatic carbocycles. The second-order valence-electron chi connectivity index (χ2n) is 7.31. The zero-order chi connectivity index (χ0) is 20.5. The van der Waals surface area contributed by atoms with Crippen molar-refractivity contribution in [1.82, 2.24) is 20.5 Å². The number of hydrogen-bond donors (Lipinski definition) is 2. The number of guanidine groups is 1. The summed E-state index contributed by atoms with van der Waals surface area (Å²) in [6, 6.07) is 10.3. The van der Waals surface area contributed by atoms with Gasteiger partial charge in [0, 0.05) is 43.9 Å². The Morgan fingerprint density at radius 3 is 2.77 bits per heavy atom. The third kappa shape index (κ3) is 7.54. The van der Waals surface area contributed by atoms with Crippen molar-refractivity contribution < 1.29 is 4.79 Å². The molecule has 3 rings (SSSR count). The van der Waals surface area contributed by atoms with Crippen molar-refractivity contribution >= 4 is 47.2 Å². The van der Waals surface area contributed by atoms with Crippen LogP contribution in [-0.4, -0.2) is 47.9 Å². The van der Waals surface area contributed by atoms with E-state index in [9.17, 15) is 4.79 Å². The average molecular weight is 542 g/mol. The molecule has 1 fully saturated rings. The molecule has 1 aliphatic heterocycles. The zero-order valence-electron chi connectivity index (χ0n) is 17.8. The summed E-state index contributed by atoms with van der Waals surface area (Å²) in [6.07, 6.45) is 2.47. The maximum atomic E-state index is 12.4. The number of halogens is 1. The molecule has 2 N–H and O–H groups in total. The number of carbonyl (C=O) groups excluding carboxylic acids is 1. The van der Waals surface area contributed by atoms with Gasteiger partial charge in [-0.25, -0.2) is 9.98 Å². The highest BCUT2D eigenvalue weighted by molar-refractivity contribution is 14.0. The van der Waals surface area contributed by atoms with E-state index in [4.69, 9.17) is 0 Å². The molecule has 1 saturated heterocycles. The van der Waals surface area contributed by atoms with Crippen molar-refractivity contribution in [3.05, 3.63) is 52.0 Å². The van der Waals surface area contributed by atoms with E-state index in [0.717, 1.165) is 55.7 Å². The van der Waals surface area contributed by atoms with Gasteiger partial charge < -0.3 is 15.5 Å². The Balaban J connectivity index is 0.00000320. The fraction of sp³-hybridized carbons (Fsp3) is 0.500. The Kier molecular flexibility index (Phi) is 10.6. The smallest absolute Gasteiger partial charge is 0.223 e. The topological polar surface area (TPSA) is 69.6 Å². The summed E-state index contributed by atoms with van der Waals surface area (Å²) in [6.45, 7) is 7.88. The largest absolute Gasteiger partial charge is 0.357 e. The summed E-state index contributed by atoms with van der Waals surface area (Å²) in [5, 5.41) is 9.91. The fourth-order valence-corrected chi connectivity index (χ4v) is 4.18. The predicted octanol–water partition coefficient (Wildman–Crippen LogP) is 3.47. The first-order valence-electron chi connectivity index (χ1n) is 10.4. The Bertz CT molecular complexity index is 811. The molecule has 0 spiro atoms. The molecular formula is C22H32IN5OS. The van der Waals surface area contributed by atoms with Gasteiger partial charge in [0.25, 0.3) is 0 Å². The number of hydrogen-bond acceptors (Lipinski definition) is 4. The third-order valence-electron chi connectivity index (χ3n) is 5.01. The Morgan fingerprint density at radius 1 is 1.27 bits per heavy atom. The molecule has 6 nitrogen and oxygen atoms in total. The molecule has 0 radical (unpaired) electrons. The zero-order valence-corrected chi connectivity index (χ0v) is 20.9. The van der Waals surface area contributed by atoms with Gasteiger partial charge in [0.05, 0.1) is 17.2 Å². The van der Waals surface area contributed by atoms with Crippen molar-refractivity contribution in [3.63, 3.8) is 0 Å². The molecule has 2 heterocycles. The first-order valence-corrected chi connectivity index (χ1v) is 11.3. The molecule has 164 valence electrons. The third-order valence-corrected chi connectivity index (χ3v) is 6.05. The van der Waals surface area contributed by atoms with Gasteiger partial charge in [0.15, 0.2) is 5.96 Å². The van der Waals surface area contributed by atoms with Crippen LogP contribution in [-0.2, 0) is 24.2 Å². The molecule has 1 aromatic heterocycles. The number of amides is 1. The number of nitrogens with one attached hydrogen (secondary N) is 2. The van der Waals surface area contributed by atoms with Crippen LogP contribution < -0.4 is 10.6 Å². The van der Waals surface area contributed by atoms with Crippen LogP contribution in [0.5, 0.6) is 0 Å². The first-order chi connectivity index (χ1) is 14.2. The van der Waals surface area contributed by atoms with Crippen LogP contribution in [0, 0.1) is 5.92 Å². The molecule has 2 aromatic rings. The highest BCUT2D eigenvalue weighted by Crippen LogP contribution is 2.17. The van der Waals surface area contributed by atoms with Gasteiger partial charge in [0.1, 0.15) is 0 Å². The Morgan fingerprint density at radius 2 is 2.07 bits per heavy atom. The lowest BCUT2D eigenvalue weighted by molar-refractivity contribution is -0.127. The van der Waals surface area contributed by atoms with Gasteiger partial charge in [-0.1, -0.05) is 37.3 Å². The number of thiazole rings is 1. The highest BCUT2D eigenvalue weighted by atomic mass is 127. The fourth-order valence-electron chi connectivity index (χ4n) is 3.44. The van der Waals surface area contributed by atoms with Crippen molar-refractivity contribution in [1.29, 1.82) is 0 Å². The summed E-state index contributed by atoms with van der Waals surface area (Å²) in [7, 11) is 0. The second kappa shape index (κ2) is 12.9. The Hall–Kier alpha value is -1.68. The molecule has 8 heteroatoms. The first kappa shape index (κ1) is 24.6. The lowest BCUT2D eigenvalue weighted by Crippen LogP contribution is -2.40. The predicted molar refractivity (Wildman–Crippen MR) is 135 cm³/mol. The second-order valence-corrected chi connectivity index (χ2v) is 8.25. The Labute approximate surface area is 200 Å². The minimum atomic E-state index is 0. The van der Waals surface area contributed by atoms with E-state index in [1.807, 2.05) is 23.1 Å². The number of likely N-dealkylation sites (tertiary alicyclic amines) is 1. The number of rotatable bonds is 9. The van der Waals surface area contributed by atoms with Crippen LogP contribution in [0.3, 0.4) is 0 Å². The number of aryl methyl sites for hydroxylation is 1. The molecule has 1 unspecified atom stereocenters. The number of nitrogens with zero attached hydrogens (tertiary/aromatic N) is 3. The molecule has 0 saturated carbocycles. The molecular weight excluding hydrogens is 509 g/mol. The summed E-state index contributed by atoms with van der Waals surface area (Å²) in [4.78, 5) is 23.6. The van der Waals surface area contributed by atoms with Crippen molar-refractivity contribution in [2.45, 2.75) is 39.7 Å². The average Bonchev–Trinajstić information content (AvgIpc) is 3.35. The van der Waals surface area contributed by atoms with E-state index in [1.165, 1.54) is 5.56 Å². The van der Waals surface area contributed by atoms with Crippen molar-refractivity contribution in [2.24, 2.45) is 10.9 Å². The van der Waals surface area contributed by atoms with Gasteiger partial charge in [-0.2, -0.15) is 0 Å². The number of carbonyl (C=O) groups is 1. The van der Waals surface area contributed by atoms with E-state index in [0.29, 0.717) is 18.9 Å². The summed E-state index contributed by atoms with van der Waals surface area (Å²) >= 11 is 1.69. The summed E-state index contributed by atoms with van der Waals surface area (Å²) < 4.78 is 0. The van der Waals surface area contributed by atoms with Crippen LogP contribution in [0.15, 0.2) is 40.7 Å². The summed E-state index contributed by atoms with van der Waals surface area (Å²) in [5.74, 6) is 1.35. The minimum Gasteiger partial charge on any atom is -0.357 e. The highest BCUT2D eigenvalue weighted by Gasteiger charge is 2.29. The lowest BCUT2D eigenvalue weighted by atomic mass is 10.1. The molecule has 0 bridgehead atoms. The van der Waals surface area contributed by atoms with Gasteiger partial charge in [-0.05, 0) is 25.3 Å². The van der Waals surface area contributed by atoms with E-state index >= 15 is 0 Å². The standard InChI is InChI=1S/C22H31N5OS.HI/c1-3-20-26-19(16-29-20)14-25-22(23-4-2)24-13-18-12-21(28)27(15-18)11-10-17-8-6-5-7-9-17;/h5-9,16,18H,3-4,10-15H2,1-2H3,(H2,23,24,25);1H. The van der Waals surface area contributed by atoms with Crippen molar-refractivity contribution in [2.75, 3.05) is 26.2 Å².